The Morgan fingerprint density at radius 1 is 1.36 bits per heavy atom. The molecule has 2 aromatic rings. The average molecular weight is 340 g/mol. The third-order valence-electron chi connectivity index (χ3n) is 5.28. The number of rotatable bonds is 3. The molecule has 2 N–H and O–H groups in total. The van der Waals surface area contributed by atoms with E-state index in [9.17, 15) is 9.90 Å². The first-order chi connectivity index (χ1) is 12.1. The Morgan fingerprint density at radius 3 is 2.92 bits per heavy atom. The van der Waals surface area contributed by atoms with Crippen molar-refractivity contribution in [1.29, 1.82) is 0 Å². The monoisotopic (exact) mass is 340 g/mol. The van der Waals surface area contributed by atoms with Crippen LogP contribution in [0.25, 0.3) is 10.9 Å². The number of pyridine rings is 1. The first kappa shape index (κ1) is 16.1. The van der Waals surface area contributed by atoms with Gasteiger partial charge in [0.2, 0.25) is 0 Å². The Kier molecular flexibility index (Phi) is 4.00. The van der Waals surface area contributed by atoms with Crippen LogP contribution in [-0.2, 0) is 6.61 Å². The Morgan fingerprint density at radius 2 is 2.16 bits per heavy atom. The smallest absolute Gasteiger partial charge is 0.318 e. The second-order valence-corrected chi connectivity index (χ2v) is 7.18. The second kappa shape index (κ2) is 6.19. The van der Waals surface area contributed by atoms with E-state index in [0.29, 0.717) is 0 Å². The highest BCUT2D eigenvalue weighted by molar-refractivity contribution is 5.82. The summed E-state index contributed by atoms with van der Waals surface area (Å²) in [4.78, 5) is 21.2. The van der Waals surface area contributed by atoms with Crippen LogP contribution in [-0.4, -0.2) is 52.2 Å². The molecule has 6 nitrogen and oxygen atoms in total. The lowest BCUT2D eigenvalue weighted by molar-refractivity contribution is 0.175. The van der Waals surface area contributed by atoms with E-state index in [1.165, 1.54) is 0 Å². The maximum Gasteiger partial charge on any atom is 0.318 e. The summed E-state index contributed by atoms with van der Waals surface area (Å²) in [6, 6.07) is 10.5. The fourth-order valence-corrected chi connectivity index (χ4v) is 4.15. The van der Waals surface area contributed by atoms with Crippen LogP contribution in [0.4, 0.5) is 10.6 Å². The van der Waals surface area contributed by atoms with Gasteiger partial charge in [-0.1, -0.05) is 18.2 Å². The largest absolute Gasteiger partial charge is 0.392 e. The van der Waals surface area contributed by atoms with E-state index in [1.54, 1.807) is 0 Å². The van der Waals surface area contributed by atoms with Crippen molar-refractivity contribution in [1.82, 2.24) is 15.2 Å². The minimum absolute atomic E-state index is 0.0284. The highest BCUT2D eigenvalue weighted by atomic mass is 16.3. The molecule has 2 aliphatic heterocycles. The highest BCUT2D eigenvalue weighted by Gasteiger charge is 2.44. The van der Waals surface area contributed by atoms with Crippen LogP contribution >= 0.6 is 0 Å². The summed E-state index contributed by atoms with van der Waals surface area (Å²) in [7, 11) is 0. The number of carbonyl (C=O) groups is 1. The van der Waals surface area contributed by atoms with Crippen LogP contribution in [0, 0.1) is 0 Å². The number of urea groups is 1. The Hall–Kier alpha value is -2.34. The van der Waals surface area contributed by atoms with Gasteiger partial charge in [0.15, 0.2) is 0 Å². The summed E-state index contributed by atoms with van der Waals surface area (Å²) in [5, 5.41) is 14.0. The lowest BCUT2D eigenvalue weighted by Gasteiger charge is -2.39. The van der Waals surface area contributed by atoms with E-state index in [0.717, 1.165) is 41.8 Å². The van der Waals surface area contributed by atoms with E-state index < -0.39 is 0 Å². The number of nitrogens with one attached hydrogen (secondary N) is 1. The number of benzene rings is 1. The first-order valence-corrected chi connectivity index (χ1v) is 8.92. The molecule has 0 saturated carbocycles. The fraction of sp³-hybridized carbons (Fsp3) is 0.474. The number of hydrogen-bond donors (Lipinski definition) is 2. The molecule has 1 aromatic carbocycles. The van der Waals surface area contributed by atoms with Crippen molar-refractivity contribution in [3.05, 3.63) is 35.9 Å². The van der Waals surface area contributed by atoms with E-state index in [4.69, 9.17) is 4.98 Å². The van der Waals surface area contributed by atoms with Gasteiger partial charge in [0, 0.05) is 30.1 Å². The van der Waals surface area contributed by atoms with E-state index in [1.807, 2.05) is 35.2 Å². The van der Waals surface area contributed by atoms with Gasteiger partial charge in [-0.15, -0.1) is 0 Å². The number of amides is 2. The molecule has 2 saturated heterocycles. The topological polar surface area (TPSA) is 68.7 Å². The van der Waals surface area contributed by atoms with Crippen molar-refractivity contribution in [3.8, 4) is 0 Å². The van der Waals surface area contributed by atoms with Crippen molar-refractivity contribution < 1.29 is 9.90 Å². The van der Waals surface area contributed by atoms with Crippen LogP contribution in [0.2, 0.25) is 0 Å². The van der Waals surface area contributed by atoms with Gasteiger partial charge in [0.1, 0.15) is 5.82 Å². The van der Waals surface area contributed by atoms with E-state index >= 15 is 0 Å². The SMILES string of the molecule is CC(C)N1C(=O)N[C@@H]2CN(c3nc4ccccc4cc3CO)CC[C@@H]21. The summed E-state index contributed by atoms with van der Waals surface area (Å²) < 4.78 is 0. The zero-order chi connectivity index (χ0) is 17.6. The van der Waals surface area contributed by atoms with Crippen molar-refractivity contribution in [2.75, 3.05) is 18.0 Å². The number of fused-ring (bicyclic) bond motifs is 2. The molecule has 4 rings (SSSR count). The highest BCUT2D eigenvalue weighted by Crippen LogP contribution is 2.30. The van der Waals surface area contributed by atoms with Crippen LogP contribution in [0.5, 0.6) is 0 Å². The van der Waals surface area contributed by atoms with Gasteiger partial charge in [-0.3, -0.25) is 0 Å². The van der Waals surface area contributed by atoms with Gasteiger partial charge in [-0.05, 0) is 32.4 Å². The lowest BCUT2D eigenvalue weighted by Crippen LogP contribution is -2.52. The summed E-state index contributed by atoms with van der Waals surface area (Å²) in [5.74, 6) is 0.830. The van der Waals surface area contributed by atoms with Crippen molar-refractivity contribution in [2.45, 2.75) is 45.0 Å². The molecule has 2 amide bonds. The van der Waals surface area contributed by atoms with Crippen LogP contribution in [0.1, 0.15) is 25.8 Å². The van der Waals surface area contributed by atoms with Gasteiger partial charge in [-0.25, -0.2) is 9.78 Å². The Balaban J connectivity index is 1.64. The van der Waals surface area contributed by atoms with Gasteiger partial charge in [-0.2, -0.15) is 0 Å². The Bertz CT molecular complexity index is 807. The standard InChI is InChI=1S/C19H24N4O2/c1-12(2)23-17-7-8-22(10-16(17)21-19(23)25)18-14(11-24)9-13-5-3-4-6-15(13)20-18/h3-6,9,12,16-17,24H,7-8,10-11H2,1-2H3,(H,21,25)/t16-,17+/m1/s1. The second-order valence-electron chi connectivity index (χ2n) is 7.18. The van der Waals surface area contributed by atoms with Gasteiger partial charge >= 0.3 is 6.03 Å². The molecule has 3 heterocycles. The van der Waals surface area contributed by atoms with Crippen molar-refractivity contribution in [2.24, 2.45) is 0 Å². The first-order valence-electron chi connectivity index (χ1n) is 8.92. The summed E-state index contributed by atoms with van der Waals surface area (Å²) in [6.07, 6.45) is 0.904. The number of carbonyl (C=O) groups excluding carboxylic acids is 1. The summed E-state index contributed by atoms with van der Waals surface area (Å²) in [5.41, 5.74) is 1.76. The lowest BCUT2D eigenvalue weighted by atomic mass is 9.98. The molecule has 0 aliphatic carbocycles. The molecule has 25 heavy (non-hydrogen) atoms. The molecule has 2 fully saturated rings. The average Bonchev–Trinajstić information content (AvgIpc) is 2.95. The number of nitrogens with zero attached hydrogens (tertiary/aromatic N) is 3. The van der Waals surface area contributed by atoms with Gasteiger partial charge in [0.25, 0.3) is 0 Å². The fourth-order valence-electron chi connectivity index (χ4n) is 4.15. The minimum atomic E-state index is -0.0394. The molecule has 0 bridgehead atoms. The van der Waals surface area contributed by atoms with Crippen LogP contribution in [0.3, 0.4) is 0 Å². The molecule has 0 spiro atoms. The predicted octanol–water partition coefficient (Wildman–Crippen LogP) is 2.11. The van der Waals surface area contributed by atoms with Crippen molar-refractivity contribution in [3.63, 3.8) is 0 Å². The molecular weight excluding hydrogens is 316 g/mol. The van der Waals surface area contributed by atoms with E-state index in [2.05, 4.69) is 24.1 Å². The summed E-state index contributed by atoms with van der Waals surface area (Å²) >= 11 is 0. The number of aliphatic hydroxyl groups is 1. The summed E-state index contributed by atoms with van der Waals surface area (Å²) in [6.45, 7) is 5.63. The third kappa shape index (κ3) is 2.70. The number of hydrogen-bond acceptors (Lipinski definition) is 4. The zero-order valence-corrected chi connectivity index (χ0v) is 14.6. The maximum atomic E-state index is 12.3. The zero-order valence-electron chi connectivity index (χ0n) is 14.6. The van der Waals surface area contributed by atoms with E-state index in [-0.39, 0.29) is 30.8 Å². The molecular formula is C19H24N4O2. The molecule has 0 unspecified atom stereocenters. The van der Waals surface area contributed by atoms with Crippen LogP contribution < -0.4 is 10.2 Å². The Labute approximate surface area is 147 Å². The van der Waals surface area contributed by atoms with Crippen molar-refractivity contribution >= 4 is 22.8 Å². The van der Waals surface area contributed by atoms with Gasteiger partial charge < -0.3 is 20.2 Å². The third-order valence-corrected chi connectivity index (χ3v) is 5.28. The number of aliphatic hydroxyl groups excluding tert-OH is 1. The quantitative estimate of drug-likeness (QED) is 0.898. The molecule has 0 radical (unpaired) electrons. The normalized spacial score (nSPS) is 23.3. The maximum absolute atomic E-state index is 12.3. The molecule has 2 aliphatic rings. The molecule has 6 heteroatoms. The minimum Gasteiger partial charge on any atom is -0.392 e. The number of aromatic nitrogens is 1. The van der Waals surface area contributed by atoms with Gasteiger partial charge in [0.05, 0.1) is 24.2 Å². The number of anilines is 1. The number of piperidine rings is 1. The number of para-hydroxylation sites is 1. The molecule has 132 valence electrons. The van der Waals surface area contributed by atoms with Crippen LogP contribution in [0.15, 0.2) is 30.3 Å². The molecule has 1 aromatic heterocycles. The predicted molar refractivity (Wildman–Crippen MR) is 97.6 cm³/mol. The molecule has 2 atom stereocenters.